The number of esters is 2. The van der Waals surface area contributed by atoms with Crippen LogP contribution in [0.4, 0.5) is 0 Å². The lowest BCUT2D eigenvalue weighted by molar-refractivity contribution is -0.189. The Bertz CT molecular complexity index is 1780. The second-order valence-electron chi connectivity index (χ2n) is 14.8. The lowest BCUT2D eigenvalue weighted by Crippen LogP contribution is -2.52. The first-order valence-corrected chi connectivity index (χ1v) is 17.5. The number of aliphatic hydroxyl groups excluding tert-OH is 1. The van der Waals surface area contributed by atoms with E-state index in [9.17, 15) is 19.5 Å². The Labute approximate surface area is 287 Å². The number of carbonyl (C=O) groups is 2. The van der Waals surface area contributed by atoms with Crippen molar-refractivity contribution in [3.05, 3.63) is 86.3 Å². The first-order valence-electron chi connectivity index (χ1n) is 17.5. The van der Waals surface area contributed by atoms with Crippen LogP contribution in [0.1, 0.15) is 107 Å². The summed E-state index contributed by atoms with van der Waals surface area (Å²) >= 11 is 0. The van der Waals surface area contributed by atoms with E-state index in [0.29, 0.717) is 47.1 Å². The molecular weight excluding hydrogens is 624 g/mol. The van der Waals surface area contributed by atoms with E-state index in [2.05, 4.69) is 24.3 Å². The minimum absolute atomic E-state index is 0.121. The molecule has 1 N–H and O–H groups in total. The number of methoxy groups -OCH3 is 1. The van der Waals surface area contributed by atoms with Gasteiger partial charge in [0.1, 0.15) is 16.9 Å². The summed E-state index contributed by atoms with van der Waals surface area (Å²) in [7, 11) is 1.54. The molecule has 0 saturated heterocycles. The highest BCUT2D eigenvalue weighted by Crippen LogP contribution is 2.49. The van der Waals surface area contributed by atoms with Crippen molar-refractivity contribution in [2.45, 2.75) is 109 Å². The monoisotopic (exact) mass is 672 g/mol. The molecule has 1 saturated carbocycles. The van der Waals surface area contributed by atoms with E-state index >= 15 is 0 Å². The van der Waals surface area contributed by atoms with Gasteiger partial charge >= 0.3 is 17.6 Å². The molecule has 0 radical (unpaired) electrons. The molecule has 262 valence electrons. The molecule has 1 spiro atoms. The standard InChI is InChI=1S/C40H48O9/c1-24(2)29-14-12-25-8-10-26(11-9-25)21-40(17-6-7-18-40)22-32(42)46-35-33-31(49-39(3,4)36(35)48-37(29)43)15-13-27-20-30(38(44)47-34(27)33)28(16-19-41)23-45-5/h8-11,13,15,20,28,35-36,41H,6-7,12,14,16-19,21-23H2,1-5H3. The number of aliphatic hydroxyl groups is 1. The number of hydrogen-bond donors (Lipinski definition) is 1. The van der Waals surface area contributed by atoms with Gasteiger partial charge in [0.2, 0.25) is 0 Å². The van der Waals surface area contributed by atoms with Crippen LogP contribution in [-0.4, -0.2) is 49.1 Å². The predicted octanol–water partition coefficient (Wildman–Crippen LogP) is 7.05. The van der Waals surface area contributed by atoms with Crippen LogP contribution >= 0.6 is 0 Å². The third-order valence-corrected chi connectivity index (χ3v) is 10.6. The Morgan fingerprint density at radius 3 is 2.35 bits per heavy atom. The van der Waals surface area contributed by atoms with Crippen molar-refractivity contribution >= 4 is 22.9 Å². The van der Waals surface area contributed by atoms with Gasteiger partial charge in [-0.2, -0.15) is 0 Å². The zero-order valence-electron chi connectivity index (χ0n) is 29.3. The fourth-order valence-corrected chi connectivity index (χ4v) is 8.01. The van der Waals surface area contributed by atoms with Gasteiger partial charge in [0.15, 0.2) is 12.2 Å². The van der Waals surface area contributed by atoms with Crippen molar-refractivity contribution in [3.8, 4) is 5.75 Å². The van der Waals surface area contributed by atoms with Crippen LogP contribution in [0.2, 0.25) is 0 Å². The third-order valence-electron chi connectivity index (χ3n) is 10.6. The van der Waals surface area contributed by atoms with Crippen molar-refractivity contribution in [2.75, 3.05) is 20.3 Å². The van der Waals surface area contributed by atoms with Gasteiger partial charge in [0, 0.05) is 36.2 Å². The molecule has 7 rings (SSSR count). The largest absolute Gasteiger partial charge is 0.483 e. The van der Waals surface area contributed by atoms with Crippen molar-refractivity contribution in [2.24, 2.45) is 5.41 Å². The maximum atomic E-state index is 14.2. The van der Waals surface area contributed by atoms with E-state index in [1.54, 1.807) is 25.3 Å². The Kier molecular flexibility index (Phi) is 10.1. The molecule has 4 aliphatic rings. The summed E-state index contributed by atoms with van der Waals surface area (Å²) in [5.74, 6) is -0.897. The molecule has 3 unspecified atom stereocenters. The van der Waals surface area contributed by atoms with E-state index < -0.39 is 35.4 Å². The molecule has 2 aromatic carbocycles. The van der Waals surface area contributed by atoms with E-state index in [1.165, 1.54) is 5.56 Å². The molecule has 3 atom stereocenters. The molecule has 0 amide bonds. The SMILES string of the molecule is COCC(CCO)c1cc2ccc3c(c2oc1=O)C1OC(=O)CC2(CCCC2)Cc2ccc(cc2)CCC(=C(C)C)C(=O)OC1C(C)(C)O3. The first kappa shape index (κ1) is 34.9. The van der Waals surface area contributed by atoms with Crippen LogP contribution in [-0.2, 0) is 36.6 Å². The highest BCUT2D eigenvalue weighted by molar-refractivity contribution is 5.90. The lowest BCUT2D eigenvalue weighted by Gasteiger charge is -2.43. The minimum Gasteiger partial charge on any atom is -0.483 e. The molecule has 3 aromatic rings. The number of benzene rings is 2. The normalized spacial score (nSPS) is 22.6. The Balaban J connectivity index is 1.49. The topological polar surface area (TPSA) is 122 Å². The second kappa shape index (κ2) is 14.1. The zero-order valence-corrected chi connectivity index (χ0v) is 29.3. The summed E-state index contributed by atoms with van der Waals surface area (Å²) in [6.07, 6.45) is 4.22. The number of ether oxygens (including phenoxy) is 4. The Hall–Kier alpha value is -3.95. The number of allylic oxidation sites excluding steroid dienone is 1. The average Bonchev–Trinajstić information content (AvgIpc) is 3.49. The number of fused-ring (bicyclic) bond motifs is 11. The molecule has 9 heteroatoms. The van der Waals surface area contributed by atoms with Crippen molar-refractivity contribution < 1.29 is 38.1 Å². The summed E-state index contributed by atoms with van der Waals surface area (Å²) in [5, 5.41) is 10.2. The van der Waals surface area contributed by atoms with E-state index in [1.807, 2.05) is 27.7 Å². The third kappa shape index (κ3) is 7.19. The molecule has 1 aromatic heterocycles. The molecule has 4 heterocycles. The lowest BCUT2D eigenvalue weighted by atomic mass is 9.77. The number of rotatable bonds is 5. The summed E-state index contributed by atoms with van der Waals surface area (Å²) in [6.45, 7) is 7.51. The summed E-state index contributed by atoms with van der Waals surface area (Å²) < 4.78 is 30.6. The maximum absolute atomic E-state index is 14.2. The number of hydrogen-bond acceptors (Lipinski definition) is 9. The highest BCUT2D eigenvalue weighted by atomic mass is 16.6. The van der Waals surface area contributed by atoms with E-state index in [4.69, 9.17) is 23.4 Å². The minimum atomic E-state index is -1.11. The first-order chi connectivity index (χ1) is 23.4. The number of carbonyl (C=O) groups excluding carboxylic acids is 2. The van der Waals surface area contributed by atoms with Crippen LogP contribution in [0.25, 0.3) is 11.0 Å². The summed E-state index contributed by atoms with van der Waals surface area (Å²) in [6, 6.07) is 13.8. The Morgan fingerprint density at radius 2 is 1.67 bits per heavy atom. The van der Waals surface area contributed by atoms with Gasteiger partial charge in [0.05, 0.1) is 18.6 Å². The highest BCUT2D eigenvalue weighted by Gasteiger charge is 2.51. The summed E-state index contributed by atoms with van der Waals surface area (Å²) in [4.78, 5) is 41.7. The van der Waals surface area contributed by atoms with E-state index in [0.717, 1.165) is 43.2 Å². The maximum Gasteiger partial charge on any atom is 0.339 e. The van der Waals surface area contributed by atoms with Gasteiger partial charge < -0.3 is 28.5 Å². The molecule has 1 fully saturated rings. The molecular formula is C40H48O9. The van der Waals surface area contributed by atoms with Crippen LogP contribution < -0.4 is 10.4 Å². The molecule has 1 aliphatic carbocycles. The van der Waals surface area contributed by atoms with Crippen molar-refractivity contribution in [3.63, 3.8) is 0 Å². The van der Waals surface area contributed by atoms with Crippen molar-refractivity contribution in [1.29, 1.82) is 0 Å². The smallest absolute Gasteiger partial charge is 0.339 e. The Morgan fingerprint density at radius 1 is 0.959 bits per heavy atom. The number of aryl methyl sites for hydroxylation is 1. The van der Waals surface area contributed by atoms with Gasteiger partial charge in [-0.05, 0) is 101 Å². The zero-order chi connectivity index (χ0) is 34.9. The second-order valence-corrected chi connectivity index (χ2v) is 14.8. The van der Waals surface area contributed by atoms with Gasteiger partial charge in [-0.3, -0.25) is 4.79 Å². The van der Waals surface area contributed by atoms with Crippen molar-refractivity contribution in [1.82, 2.24) is 0 Å². The molecule has 49 heavy (non-hydrogen) atoms. The average molecular weight is 673 g/mol. The predicted molar refractivity (Wildman–Crippen MR) is 185 cm³/mol. The molecule has 9 nitrogen and oxygen atoms in total. The van der Waals surface area contributed by atoms with Crippen LogP contribution in [0, 0.1) is 5.41 Å². The fraction of sp³-hybridized carbons (Fsp3) is 0.525. The van der Waals surface area contributed by atoms with Crippen LogP contribution in [0.15, 0.2) is 62.8 Å². The fourth-order valence-electron chi connectivity index (χ4n) is 8.01. The van der Waals surface area contributed by atoms with Gasteiger partial charge in [-0.15, -0.1) is 0 Å². The van der Waals surface area contributed by atoms with E-state index in [-0.39, 0.29) is 36.6 Å². The molecule has 2 bridgehead atoms. The van der Waals surface area contributed by atoms with Gasteiger partial charge in [-0.25, -0.2) is 9.59 Å². The van der Waals surface area contributed by atoms with Gasteiger partial charge in [-0.1, -0.05) is 42.7 Å². The van der Waals surface area contributed by atoms with Crippen LogP contribution in [0.5, 0.6) is 5.75 Å². The quantitative estimate of drug-likeness (QED) is 0.173. The van der Waals surface area contributed by atoms with Gasteiger partial charge in [0.25, 0.3) is 0 Å². The summed E-state index contributed by atoms with van der Waals surface area (Å²) in [5.41, 5.74) is 2.69. The molecule has 3 aliphatic heterocycles. The van der Waals surface area contributed by atoms with Crippen LogP contribution in [0.3, 0.4) is 0 Å².